The number of halogens is 5. The second-order valence-corrected chi connectivity index (χ2v) is 6.30. The van der Waals surface area contributed by atoms with Gasteiger partial charge in [0.05, 0.1) is 13.1 Å². The summed E-state index contributed by atoms with van der Waals surface area (Å²) >= 11 is 5.95. The summed E-state index contributed by atoms with van der Waals surface area (Å²) in [4.78, 5) is 7.03. The van der Waals surface area contributed by atoms with Crippen molar-refractivity contribution < 1.29 is 17.6 Å². The van der Waals surface area contributed by atoms with Crippen molar-refractivity contribution in [1.82, 2.24) is 4.98 Å². The molecule has 2 aliphatic heterocycles. The minimum Gasteiger partial charge on any atom is -0.365 e. The maximum atomic E-state index is 13.5. The van der Waals surface area contributed by atoms with Crippen molar-refractivity contribution in [3.05, 3.63) is 17.3 Å². The smallest absolute Gasteiger partial charge is 0.266 e. The summed E-state index contributed by atoms with van der Waals surface area (Å²) in [5.41, 5.74) is 0.504. The van der Waals surface area contributed by atoms with Gasteiger partial charge in [0, 0.05) is 37.7 Å². The van der Waals surface area contributed by atoms with Crippen LogP contribution in [-0.4, -0.2) is 43.0 Å². The third-order valence-electron chi connectivity index (χ3n) is 4.02. The van der Waals surface area contributed by atoms with Gasteiger partial charge in [-0.1, -0.05) is 11.6 Å². The second-order valence-electron chi connectivity index (χ2n) is 5.91. The summed E-state index contributed by atoms with van der Waals surface area (Å²) in [5.74, 6) is -5.18. The first kappa shape index (κ1) is 15.6. The molecule has 0 N–H and O–H groups in total. The molecule has 3 heterocycles. The van der Waals surface area contributed by atoms with Crippen LogP contribution in [0.5, 0.6) is 0 Å². The van der Waals surface area contributed by atoms with Gasteiger partial charge in [0.1, 0.15) is 11.0 Å². The van der Waals surface area contributed by atoms with E-state index in [-0.39, 0.29) is 31.1 Å². The third-order valence-corrected chi connectivity index (χ3v) is 4.21. The van der Waals surface area contributed by atoms with Gasteiger partial charge in [-0.15, -0.1) is 0 Å². The molecule has 2 aliphatic rings. The van der Waals surface area contributed by atoms with Crippen molar-refractivity contribution in [2.45, 2.75) is 31.1 Å². The maximum absolute atomic E-state index is 13.5. The van der Waals surface area contributed by atoms with E-state index in [1.54, 1.807) is 6.07 Å². The first-order chi connectivity index (χ1) is 10.2. The lowest BCUT2D eigenvalue weighted by molar-refractivity contribution is -0.0116. The molecule has 1 aromatic heterocycles. The van der Waals surface area contributed by atoms with Gasteiger partial charge in [-0.3, -0.25) is 0 Å². The highest BCUT2D eigenvalue weighted by molar-refractivity contribution is 6.29. The molecule has 3 nitrogen and oxygen atoms in total. The Kier molecular flexibility index (Phi) is 3.87. The molecule has 122 valence electrons. The lowest BCUT2D eigenvalue weighted by Gasteiger charge is -2.34. The average Bonchev–Trinajstić information content (AvgIpc) is 2.77. The van der Waals surface area contributed by atoms with E-state index in [1.807, 2.05) is 0 Å². The van der Waals surface area contributed by atoms with Gasteiger partial charge < -0.3 is 9.80 Å². The van der Waals surface area contributed by atoms with Gasteiger partial charge in [-0.05, 0) is 12.5 Å². The van der Waals surface area contributed by atoms with Gasteiger partial charge >= 0.3 is 0 Å². The first-order valence-electron chi connectivity index (χ1n) is 7.17. The SMILES string of the molecule is FC1(F)CCCN(c2cc(Cl)nc(N3CCC(F)(F)C3)c2)C1. The number of hydrogen-bond acceptors (Lipinski definition) is 3. The molecular formula is C14H16ClF4N3. The van der Waals surface area contributed by atoms with Crippen LogP contribution < -0.4 is 9.80 Å². The van der Waals surface area contributed by atoms with Crippen molar-refractivity contribution in [3.8, 4) is 0 Å². The lowest BCUT2D eigenvalue weighted by Crippen LogP contribution is -2.42. The maximum Gasteiger partial charge on any atom is 0.266 e. The van der Waals surface area contributed by atoms with Crippen LogP contribution in [0, 0.1) is 0 Å². The molecule has 2 fully saturated rings. The van der Waals surface area contributed by atoms with Crippen LogP contribution in [0.15, 0.2) is 12.1 Å². The fourth-order valence-electron chi connectivity index (χ4n) is 2.93. The fourth-order valence-corrected chi connectivity index (χ4v) is 3.13. The molecule has 0 bridgehead atoms. The van der Waals surface area contributed by atoms with Crippen molar-refractivity contribution in [1.29, 1.82) is 0 Å². The van der Waals surface area contributed by atoms with E-state index in [0.29, 0.717) is 24.5 Å². The monoisotopic (exact) mass is 337 g/mol. The largest absolute Gasteiger partial charge is 0.365 e. The van der Waals surface area contributed by atoms with Crippen LogP contribution in [0.2, 0.25) is 5.15 Å². The highest BCUT2D eigenvalue weighted by Crippen LogP contribution is 2.35. The number of pyridine rings is 1. The Morgan fingerprint density at radius 1 is 0.955 bits per heavy atom. The predicted octanol–water partition coefficient (Wildman–Crippen LogP) is 3.82. The minimum atomic E-state index is -2.75. The Morgan fingerprint density at radius 3 is 2.27 bits per heavy atom. The number of alkyl halides is 4. The first-order valence-corrected chi connectivity index (χ1v) is 7.55. The zero-order valence-corrected chi connectivity index (χ0v) is 12.6. The van der Waals surface area contributed by atoms with Gasteiger partial charge in [-0.2, -0.15) is 0 Å². The summed E-state index contributed by atoms with van der Waals surface area (Å²) in [6.45, 7) is -0.139. The molecule has 3 rings (SSSR count). The predicted molar refractivity (Wildman–Crippen MR) is 77.4 cm³/mol. The highest BCUT2D eigenvalue weighted by Gasteiger charge is 2.39. The third kappa shape index (κ3) is 3.39. The number of hydrogen-bond donors (Lipinski definition) is 0. The molecule has 1 aromatic rings. The quantitative estimate of drug-likeness (QED) is 0.604. The average molecular weight is 338 g/mol. The van der Waals surface area contributed by atoms with Crippen molar-refractivity contribution >= 4 is 23.1 Å². The van der Waals surface area contributed by atoms with E-state index in [2.05, 4.69) is 4.98 Å². The Balaban J connectivity index is 1.84. The van der Waals surface area contributed by atoms with E-state index in [4.69, 9.17) is 11.6 Å². The number of anilines is 2. The molecule has 0 aromatic carbocycles. The number of aromatic nitrogens is 1. The zero-order chi connectivity index (χ0) is 16.0. The zero-order valence-electron chi connectivity index (χ0n) is 11.8. The van der Waals surface area contributed by atoms with Crippen LogP contribution in [0.4, 0.5) is 29.1 Å². The van der Waals surface area contributed by atoms with Gasteiger partial charge in [-0.25, -0.2) is 22.5 Å². The lowest BCUT2D eigenvalue weighted by atomic mass is 10.1. The molecular weight excluding hydrogens is 322 g/mol. The van der Waals surface area contributed by atoms with Gasteiger partial charge in [0.25, 0.3) is 11.8 Å². The Bertz CT molecular complexity index is 567. The number of piperidine rings is 1. The summed E-state index contributed by atoms with van der Waals surface area (Å²) in [5, 5.41) is 0.122. The summed E-state index contributed by atoms with van der Waals surface area (Å²) in [6, 6.07) is 3.06. The molecule has 0 aliphatic carbocycles. The molecule has 8 heteroatoms. The molecule has 0 amide bonds. The van der Waals surface area contributed by atoms with Crippen molar-refractivity contribution in [2.75, 3.05) is 36.0 Å². The Hall–Kier alpha value is -1.24. The van der Waals surface area contributed by atoms with E-state index >= 15 is 0 Å². The van der Waals surface area contributed by atoms with Gasteiger partial charge in [0.15, 0.2) is 0 Å². The van der Waals surface area contributed by atoms with Gasteiger partial charge in [0.2, 0.25) is 0 Å². The van der Waals surface area contributed by atoms with Crippen LogP contribution in [0.3, 0.4) is 0 Å². The second kappa shape index (κ2) is 5.44. The minimum absolute atomic E-state index is 0.122. The van der Waals surface area contributed by atoms with E-state index in [1.165, 1.54) is 15.9 Å². The van der Waals surface area contributed by atoms with Crippen molar-refractivity contribution in [2.24, 2.45) is 0 Å². The van der Waals surface area contributed by atoms with Crippen LogP contribution in [-0.2, 0) is 0 Å². The summed E-state index contributed by atoms with van der Waals surface area (Å²) < 4.78 is 53.7. The number of nitrogens with zero attached hydrogens (tertiary/aromatic N) is 3. The van der Waals surface area contributed by atoms with E-state index in [9.17, 15) is 17.6 Å². The van der Waals surface area contributed by atoms with E-state index < -0.39 is 18.4 Å². The normalized spacial score (nSPS) is 23.9. The standard InChI is InChI=1S/C14H16ClF4N3/c15-11-6-10(21-4-1-2-13(16,17)8-21)7-12(20-11)22-5-3-14(18,19)9-22/h6-7H,1-5,8-9H2. The van der Waals surface area contributed by atoms with Crippen LogP contribution >= 0.6 is 11.6 Å². The molecule has 0 unspecified atom stereocenters. The number of rotatable bonds is 2. The molecule has 2 saturated heterocycles. The summed E-state index contributed by atoms with van der Waals surface area (Å²) in [7, 11) is 0. The Morgan fingerprint density at radius 2 is 1.64 bits per heavy atom. The molecule has 0 saturated carbocycles. The molecule has 22 heavy (non-hydrogen) atoms. The fraction of sp³-hybridized carbons (Fsp3) is 0.643. The highest BCUT2D eigenvalue weighted by atomic mass is 35.5. The van der Waals surface area contributed by atoms with E-state index in [0.717, 1.165) is 0 Å². The molecule has 0 atom stereocenters. The van der Waals surface area contributed by atoms with Crippen LogP contribution in [0.25, 0.3) is 0 Å². The topological polar surface area (TPSA) is 19.4 Å². The molecule has 0 spiro atoms. The van der Waals surface area contributed by atoms with Crippen molar-refractivity contribution in [3.63, 3.8) is 0 Å². The van der Waals surface area contributed by atoms with Crippen LogP contribution in [0.1, 0.15) is 19.3 Å². The summed E-state index contributed by atoms with van der Waals surface area (Å²) in [6.07, 6.45) is 0.00981. The Labute approximate surface area is 130 Å². The molecule has 0 radical (unpaired) electrons.